The number of aromatic nitrogens is 1. The minimum atomic E-state index is -3.73. The van der Waals surface area contributed by atoms with Crippen molar-refractivity contribution >= 4 is 48.5 Å². The van der Waals surface area contributed by atoms with E-state index in [0.29, 0.717) is 22.7 Å². The van der Waals surface area contributed by atoms with Crippen molar-refractivity contribution in [2.45, 2.75) is 11.1 Å². The normalized spacial score (nSPS) is 11.8. The van der Waals surface area contributed by atoms with Crippen LogP contribution in [0.2, 0.25) is 0 Å². The largest absolute Gasteiger partial charge is 0.315 e. The summed E-state index contributed by atoms with van der Waals surface area (Å²) >= 11 is 2.28. The number of anilines is 1. The van der Waals surface area contributed by atoms with Crippen LogP contribution >= 0.6 is 22.7 Å². The number of hydrogen-bond donors (Lipinski definition) is 2. The lowest BCUT2D eigenvalue weighted by molar-refractivity contribution is 0.602. The number of fused-ring (bicyclic) bond motifs is 1. The standard InChI is InChI=1S/C12H10N2O3S3/c1-7-11(19-12(15)13-7)20(16,17)14-9-2-3-10-8(6-9)4-5-18-10/h2-6,14H,1H3,(H,13,15). The zero-order valence-corrected chi connectivity index (χ0v) is 12.8. The Hall–Kier alpha value is -1.64. The van der Waals surface area contributed by atoms with Gasteiger partial charge in [-0.3, -0.25) is 9.52 Å². The summed E-state index contributed by atoms with van der Waals surface area (Å²) in [6.45, 7) is 1.56. The molecule has 0 aliphatic heterocycles. The number of thiazole rings is 1. The number of nitrogens with one attached hydrogen (secondary N) is 2. The van der Waals surface area contributed by atoms with Crippen LogP contribution in [-0.2, 0) is 10.0 Å². The van der Waals surface area contributed by atoms with E-state index >= 15 is 0 Å². The number of benzene rings is 1. The average molecular weight is 326 g/mol. The minimum Gasteiger partial charge on any atom is -0.315 e. The summed E-state index contributed by atoms with van der Waals surface area (Å²) in [5, 5.41) is 2.93. The number of rotatable bonds is 3. The van der Waals surface area contributed by atoms with Gasteiger partial charge in [0.05, 0.1) is 0 Å². The predicted molar refractivity (Wildman–Crippen MR) is 82.3 cm³/mol. The van der Waals surface area contributed by atoms with Crippen LogP contribution in [0.1, 0.15) is 5.69 Å². The third-order valence-electron chi connectivity index (χ3n) is 2.73. The van der Waals surface area contributed by atoms with E-state index in [4.69, 9.17) is 0 Å². The molecule has 0 spiro atoms. The number of sulfonamides is 1. The lowest BCUT2D eigenvalue weighted by atomic mass is 10.2. The maximum absolute atomic E-state index is 12.3. The first-order valence-corrected chi connectivity index (χ1v) is 8.83. The number of aryl methyl sites for hydroxylation is 1. The molecule has 0 saturated heterocycles. The molecule has 104 valence electrons. The van der Waals surface area contributed by atoms with Gasteiger partial charge in [0, 0.05) is 16.1 Å². The number of hydrogen-bond acceptors (Lipinski definition) is 5. The maximum Gasteiger partial charge on any atom is 0.306 e. The van der Waals surface area contributed by atoms with E-state index in [1.165, 1.54) is 0 Å². The summed E-state index contributed by atoms with van der Waals surface area (Å²) < 4.78 is 28.1. The SMILES string of the molecule is Cc1[nH]c(=O)sc1S(=O)(=O)Nc1ccc2sccc2c1. The molecule has 0 fully saturated rings. The van der Waals surface area contributed by atoms with E-state index < -0.39 is 10.0 Å². The molecule has 20 heavy (non-hydrogen) atoms. The first-order valence-electron chi connectivity index (χ1n) is 5.65. The van der Waals surface area contributed by atoms with Crippen molar-refractivity contribution in [1.82, 2.24) is 4.98 Å². The van der Waals surface area contributed by atoms with Gasteiger partial charge < -0.3 is 4.98 Å². The third kappa shape index (κ3) is 2.37. The Kier molecular flexibility index (Phi) is 3.15. The Morgan fingerprint density at radius 2 is 2.05 bits per heavy atom. The number of H-pyrrole nitrogens is 1. The van der Waals surface area contributed by atoms with Crippen LogP contribution in [0.3, 0.4) is 0 Å². The fourth-order valence-corrected chi connectivity index (χ4v) is 5.00. The molecule has 5 nitrogen and oxygen atoms in total. The summed E-state index contributed by atoms with van der Waals surface area (Å²) in [6.07, 6.45) is 0. The molecule has 0 aliphatic carbocycles. The fraction of sp³-hybridized carbons (Fsp3) is 0.0833. The third-order valence-corrected chi connectivity index (χ3v) is 6.61. The van der Waals surface area contributed by atoms with E-state index in [9.17, 15) is 13.2 Å². The van der Waals surface area contributed by atoms with Crippen LogP contribution in [0.4, 0.5) is 5.69 Å². The molecular weight excluding hydrogens is 316 g/mol. The van der Waals surface area contributed by atoms with Crippen molar-refractivity contribution in [3.05, 3.63) is 45.0 Å². The predicted octanol–water partition coefficient (Wildman–Crippen LogP) is 2.76. The van der Waals surface area contributed by atoms with Crippen LogP contribution < -0.4 is 9.60 Å². The molecule has 1 aromatic carbocycles. The van der Waals surface area contributed by atoms with Crippen LogP contribution in [-0.4, -0.2) is 13.4 Å². The molecule has 2 N–H and O–H groups in total. The Labute approximate surface area is 123 Å². The first-order chi connectivity index (χ1) is 9.45. The number of aromatic amines is 1. The maximum atomic E-state index is 12.3. The second kappa shape index (κ2) is 4.72. The lowest BCUT2D eigenvalue weighted by Crippen LogP contribution is -2.12. The minimum absolute atomic E-state index is 0.0212. The Bertz CT molecular complexity index is 934. The molecule has 2 aromatic heterocycles. The van der Waals surface area contributed by atoms with Crippen molar-refractivity contribution in [2.24, 2.45) is 0 Å². The van der Waals surface area contributed by atoms with Gasteiger partial charge in [0.15, 0.2) is 4.21 Å². The van der Waals surface area contributed by atoms with Gasteiger partial charge in [-0.25, -0.2) is 8.42 Å². The lowest BCUT2D eigenvalue weighted by Gasteiger charge is -2.06. The molecule has 0 amide bonds. The first kappa shape index (κ1) is 13.3. The Morgan fingerprint density at radius 3 is 2.75 bits per heavy atom. The molecule has 0 saturated carbocycles. The van der Waals surface area contributed by atoms with Gasteiger partial charge in [0.2, 0.25) is 0 Å². The van der Waals surface area contributed by atoms with Crippen LogP contribution in [0.25, 0.3) is 10.1 Å². The van der Waals surface area contributed by atoms with Crippen molar-refractivity contribution < 1.29 is 8.42 Å². The van der Waals surface area contributed by atoms with Gasteiger partial charge >= 0.3 is 4.87 Å². The summed E-state index contributed by atoms with van der Waals surface area (Å²) in [5.74, 6) is 0. The summed E-state index contributed by atoms with van der Waals surface area (Å²) in [6, 6.07) is 7.28. The summed E-state index contributed by atoms with van der Waals surface area (Å²) in [5.41, 5.74) is 0.834. The van der Waals surface area contributed by atoms with Crippen molar-refractivity contribution in [3.8, 4) is 0 Å². The highest BCUT2D eigenvalue weighted by Crippen LogP contribution is 2.26. The molecule has 0 bridgehead atoms. The fourth-order valence-electron chi connectivity index (χ4n) is 1.88. The molecule has 2 heterocycles. The van der Waals surface area contributed by atoms with Gasteiger partial charge in [-0.15, -0.1) is 11.3 Å². The highest BCUT2D eigenvalue weighted by molar-refractivity contribution is 7.94. The van der Waals surface area contributed by atoms with Gasteiger partial charge in [-0.1, -0.05) is 11.3 Å². The van der Waals surface area contributed by atoms with E-state index in [-0.39, 0.29) is 9.08 Å². The average Bonchev–Trinajstić information content (AvgIpc) is 2.94. The van der Waals surface area contributed by atoms with Crippen molar-refractivity contribution in [3.63, 3.8) is 0 Å². The molecule has 0 unspecified atom stereocenters. The highest BCUT2D eigenvalue weighted by Gasteiger charge is 2.20. The molecular formula is C12H10N2O3S3. The molecule has 0 radical (unpaired) electrons. The van der Waals surface area contributed by atoms with Crippen LogP contribution in [0, 0.1) is 6.92 Å². The molecule has 3 rings (SSSR count). The van der Waals surface area contributed by atoms with E-state index in [1.807, 2.05) is 17.5 Å². The second-order valence-electron chi connectivity index (χ2n) is 4.21. The second-order valence-corrected chi connectivity index (χ2v) is 8.01. The monoisotopic (exact) mass is 326 g/mol. The summed E-state index contributed by atoms with van der Waals surface area (Å²) in [4.78, 5) is 13.3. The van der Waals surface area contributed by atoms with Crippen molar-refractivity contribution in [2.75, 3.05) is 4.72 Å². The van der Waals surface area contributed by atoms with Crippen molar-refractivity contribution in [1.29, 1.82) is 0 Å². The Morgan fingerprint density at radius 1 is 1.25 bits per heavy atom. The van der Waals surface area contributed by atoms with E-state index in [2.05, 4.69) is 9.71 Å². The zero-order chi connectivity index (χ0) is 14.3. The molecule has 3 aromatic rings. The Balaban J connectivity index is 2.00. The molecule has 0 aliphatic rings. The quantitative estimate of drug-likeness (QED) is 0.777. The van der Waals surface area contributed by atoms with E-state index in [1.54, 1.807) is 30.4 Å². The van der Waals surface area contributed by atoms with Gasteiger partial charge in [0.1, 0.15) is 0 Å². The molecule has 8 heteroatoms. The topological polar surface area (TPSA) is 79.0 Å². The highest BCUT2D eigenvalue weighted by atomic mass is 32.2. The van der Waals surface area contributed by atoms with Gasteiger partial charge in [-0.05, 0) is 42.0 Å². The van der Waals surface area contributed by atoms with E-state index in [0.717, 1.165) is 10.1 Å². The number of thiophene rings is 1. The van der Waals surface area contributed by atoms with Crippen LogP contribution in [0.5, 0.6) is 0 Å². The van der Waals surface area contributed by atoms with Gasteiger partial charge in [0.25, 0.3) is 10.0 Å². The van der Waals surface area contributed by atoms with Crippen LogP contribution in [0.15, 0.2) is 38.6 Å². The van der Waals surface area contributed by atoms with Gasteiger partial charge in [-0.2, -0.15) is 0 Å². The zero-order valence-electron chi connectivity index (χ0n) is 10.3. The molecule has 0 atom stereocenters. The summed E-state index contributed by atoms with van der Waals surface area (Å²) in [7, 11) is -3.73. The smallest absolute Gasteiger partial charge is 0.306 e.